The zero-order chi connectivity index (χ0) is 6.78. The van der Waals surface area contributed by atoms with Crippen LogP contribution in [0.25, 0.3) is 0 Å². The molecule has 4 nitrogen and oxygen atoms in total. The molecule has 1 atom stereocenters. The van der Waals surface area contributed by atoms with Gasteiger partial charge in [0.05, 0.1) is 0 Å². The van der Waals surface area contributed by atoms with Gasteiger partial charge in [-0.15, -0.1) is 0 Å². The summed E-state index contributed by atoms with van der Waals surface area (Å²) in [5, 5.41) is 8.36. The summed E-state index contributed by atoms with van der Waals surface area (Å²) < 4.78 is 27.7. The normalized spacial score (nSPS) is 11.5. The summed E-state index contributed by atoms with van der Waals surface area (Å²) in [5.74, 6) is 0. The minimum Gasteiger partial charge on any atom is -0.375 e. The molecule has 0 spiro atoms. The molecule has 0 amide bonds. The fraction of sp³-hybridized carbons (Fsp3) is 1.00. The predicted octanol–water partition coefficient (Wildman–Crippen LogP) is -1.54. The summed E-state index contributed by atoms with van der Waals surface area (Å²) in [6.45, 7) is 1.46. The summed E-state index contributed by atoms with van der Waals surface area (Å²) in [6.07, 6.45) is 0.0127. The molecule has 0 saturated heterocycles. The fourth-order valence-electron chi connectivity index (χ4n) is 0.211. The van der Waals surface area contributed by atoms with Crippen LogP contribution in [0.1, 0.15) is 13.3 Å². The summed E-state index contributed by atoms with van der Waals surface area (Å²) in [5.41, 5.74) is -1.62. The minimum absolute atomic E-state index is 0. The Bertz CT molecular complexity index is 156. The third kappa shape index (κ3) is 10.5. The van der Waals surface area contributed by atoms with E-state index in [1.54, 1.807) is 0 Å². The number of aliphatic hydroxyl groups is 1. The van der Waals surface area contributed by atoms with Crippen molar-refractivity contribution in [3.05, 3.63) is 0 Å². The molecule has 8 heteroatoms. The Hall–Kier alpha value is 0.521. The van der Waals surface area contributed by atoms with Crippen LogP contribution in [0.5, 0.6) is 0 Å². The van der Waals surface area contributed by atoms with E-state index in [-0.39, 0.29) is 39.3 Å². The van der Waals surface area contributed by atoms with Gasteiger partial charge in [-0.3, -0.25) is 4.55 Å². The lowest BCUT2D eigenvalue weighted by molar-refractivity contribution is 0.229. The largest absolute Gasteiger partial charge is 0.375 e. The Morgan fingerprint density at radius 1 is 1.27 bits per heavy atom. The maximum atomic E-state index is 9.87. The first-order valence-electron chi connectivity index (χ1n) is 2.13. The van der Waals surface area contributed by atoms with Gasteiger partial charge in [0.25, 0.3) is 10.1 Å². The molecule has 62 valence electrons. The van der Waals surface area contributed by atoms with Gasteiger partial charge in [-0.2, -0.15) is 8.42 Å². The van der Waals surface area contributed by atoms with Crippen LogP contribution in [0.4, 0.5) is 0 Å². The maximum absolute atomic E-state index is 9.87. The van der Waals surface area contributed by atoms with Crippen molar-refractivity contribution in [1.82, 2.24) is 0 Å². The van der Waals surface area contributed by atoms with E-state index in [0.717, 1.165) is 0 Å². The average molecular weight is 224 g/mol. The molecule has 0 aromatic rings. The van der Waals surface area contributed by atoms with Crippen molar-refractivity contribution in [3.63, 3.8) is 0 Å². The highest BCUT2D eigenvalue weighted by atomic mass is 32.2. The lowest BCUT2D eigenvalue weighted by atomic mass is 10.5. The third-order valence-corrected chi connectivity index (χ3v) is 1.71. The third-order valence-electron chi connectivity index (χ3n) is 0.693. The molecule has 1 unspecified atom stereocenters. The molecule has 0 aliphatic heterocycles. The Kier molecular flexibility index (Phi) is 17.7. The van der Waals surface area contributed by atoms with Crippen molar-refractivity contribution < 1.29 is 18.1 Å². The van der Waals surface area contributed by atoms with Gasteiger partial charge >= 0.3 is 0 Å². The van der Waals surface area contributed by atoms with E-state index in [1.165, 1.54) is 6.92 Å². The van der Waals surface area contributed by atoms with E-state index in [2.05, 4.69) is 0 Å². The first-order valence-corrected chi connectivity index (χ1v) is 3.63. The molecule has 0 bridgehead atoms. The second-order valence-electron chi connectivity index (χ2n) is 1.38. The molecule has 0 aromatic heterocycles. The Labute approximate surface area is 80.2 Å². The van der Waals surface area contributed by atoms with Crippen LogP contribution in [-0.2, 0) is 10.1 Å². The summed E-state index contributed by atoms with van der Waals surface area (Å²) >= 11 is 0. The summed E-state index contributed by atoms with van der Waals surface area (Å²) in [6, 6.07) is 0. The Balaban J connectivity index is -0.0000000817. The van der Waals surface area contributed by atoms with E-state index in [0.29, 0.717) is 0 Å². The zero-order valence-electron chi connectivity index (χ0n) is 5.90. The smallest absolute Gasteiger partial charge is 0.291 e. The number of rotatable bonds is 2. The second kappa shape index (κ2) is 8.62. The Morgan fingerprint density at radius 2 is 1.55 bits per heavy atom. The highest BCUT2D eigenvalue weighted by molar-refractivity contribution is 7.86. The molecule has 0 aliphatic rings. The molecule has 12 radical (unpaired) electrons. The van der Waals surface area contributed by atoms with E-state index < -0.39 is 15.6 Å². The van der Waals surface area contributed by atoms with Crippen molar-refractivity contribution in [2.24, 2.45) is 0 Å². The SMILES string of the molecule is CCC(O)S(=O)(=O)O.[Si].[Si].[Si]. The summed E-state index contributed by atoms with van der Waals surface area (Å²) in [7, 11) is -4.20. The monoisotopic (exact) mass is 224 g/mol. The van der Waals surface area contributed by atoms with Crippen molar-refractivity contribution in [3.8, 4) is 0 Å². The van der Waals surface area contributed by atoms with Gasteiger partial charge < -0.3 is 5.11 Å². The van der Waals surface area contributed by atoms with Crippen molar-refractivity contribution in [2.75, 3.05) is 0 Å². The standard InChI is InChI=1S/C3H8O4S.3Si/c1-2-3(4)8(5,6)7;;;/h3-4H,2H2,1H3,(H,5,6,7);;;. The van der Waals surface area contributed by atoms with E-state index in [4.69, 9.17) is 9.66 Å². The van der Waals surface area contributed by atoms with Gasteiger partial charge in [0, 0.05) is 32.9 Å². The van der Waals surface area contributed by atoms with Gasteiger partial charge in [0.2, 0.25) is 0 Å². The molecular weight excluding hydrogens is 216 g/mol. The van der Waals surface area contributed by atoms with Gasteiger partial charge in [-0.05, 0) is 6.42 Å². The van der Waals surface area contributed by atoms with Crippen molar-refractivity contribution >= 4 is 43.0 Å². The highest BCUT2D eigenvalue weighted by Crippen LogP contribution is 1.96. The van der Waals surface area contributed by atoms with E-state index in [9.17, 15) is 8.42 Å². The maximum Gasteiger partial charge on any atom is 0.291 e. The number of hydrogen-bond donors (Lipinski definition) is 2. The molecule has 0 saturated carbocycles. The molecule has 0 fully saturated rings. The average Bonchev–Trinajstić information content (AvgIpc) is 1.62. The van der Waals surface area contributed by atoms with Gasteiger partial charge in [-0.25, -0.2) is 0 Å². The Morgan fingerprint density at radius 3 is 1.55 bits per heavy atom. The summed E-state index contributed by atoms with van der Waals surface area (Å²) in [4.78, 5) is 0. The molecule has 11 heavy (non-hydrogen) atoms. The van der Waals surface area contributed by atoms with Crippen LogP contribution in [0.3, 0.4) is 0 Å². The molecule has 2 N–H and O–H groups in total. The van der Waals surface area contributed by atoms with E-state index in [1.807, 2.05) is 0 Å². The molecular formula is C3H8O4SSi3. The first-order chi connectivity index (χ1) is 3.48. The minimum atomic E-state index is -4.20. The van der Waals surface area contributed by atoms with Crippen LogP contribution in [0.2, 0.25) is 0 Å². The van der Waals surface area contributed by atoms with E-state index >= 15 is 0 Å². The quantitative estimate of drug-likeness (QED) is 0.440. The second-order valence-corrected chi connectivity index (χ2v) is 2.95. The van der Waals surface area contributed by atoms with Gasteiger partial charge in [-0.1, -0.05) is 6.92 Å². The van der Waals surface area contributed by atoms with Crippen LogP contribution >= 0.6 is 0 Å². The van der Waals surface area contributed by atoms with Crippen molar-refractivity contribution in [1.29, 1.82) is 0 Å². The van der Waals surface area contributed by atoms with Gasteiger partial charge in [0.15, 0.2) is 5.44 Å². The topological polar surface area (TPSA) is 74.6 Å². The molecule has 0 aliphatic carbocycles. The van der Waals surface area contributed by atoms with Gasteiger partial charge in [0.1, 0.15) is 0 Å². The lowest BCUT2D eigenvalue weighted by Crippen LogP contribution is -2.17. The number of aliphatic hydroxyl groups excluding tert-OH is 1. The lowest BCUT2D eigenvalue weighted by Gasteiger charge is -1.99. The number of hydrogen-bond acceptors (Lipinski definition) is 3. The van der Waals surface area contributed by atoms with Crippen molar-refractivity contribution in [2.45, 2.75) is 18.8 Å². The van der Waals surface area contributed by atoms with Crippen LogP contribution < -0.4 is 0 Å². The highest BCUT2D eigenvalue weighted by Gasteiger charge is 2.15. The zero-order valence-corrected chi connectivity index (χ0v) is 9.72. The molecule has 0 rings (SSSR count). The molecule has 0 heterocycles. The van der Waals surface area contributed by atoms with Crippen LogP contribution in [0.15, 0.2) is 0 Å². The van der Waals surface area contributed by atoms with Crippen LogP contribution in [-0.4, -0.2) is 56.4 Å². The predicted molar refractivity (Wildman–Crippen MR) is 45.1 cm³/mol. The van der Waals surface area contributed by atoms with Crippen LogP contribution in [0, 0.1) is 0 Å². The molecule has 0 aromatic carbocycles. The first kappa shape index (κ1) is 22.5. The fourth-order valence-corrected chi connectivity index (χ4v) is 0.632.